The maximum atomic E-state index is 10.8. The van der Waals surface area contributed by atoms with Crippen molar-refractivity contribution >= 4 is 6.29 Å². The Kier molecular flexibility index (Phi) is 3.38. The molecule has 0 amide bonds. The number of hydrogen-bond donors (Lipinski definition) is 2. The van der Waals surface area contributed by atoms with Crippen LogP contribution in [0.15, 0.2) is 12.1 Å². The molecular formula is C11H15NO2. The van der Waals surface area contributed by atoms with Crippen LogP contribution in [0, 0.1) is 13.8 Å². The topological polar surface area (TPSA) is 63.3 Å². The average Bonchev–Trinajstić information content (AvgIpc) is 2.20. The van der Waals surface area contributed by atoms with Crippen molar-refractivity contribution in [2.45, 2.75) is 20.0 Å². The molecule has 0 radical (unpaired) electrons. The predicted molar refractivity (Wildman–Crippen MR) is 55.3 cm³/mol. The lowest BCUT2D eigenvalue weighted by Gasteiger charge is -2.13. The molecule has 0 aliphatic rings. The summed E-state index contributed by atoms with van der Waals surface area (Å²) in [4.78, 5) is 10.8. The molecule has 3 heteroatoms. The van der Waals surface area contributed by atoms with E-state index in [-0.39, 0.29) is 6.54 Å². The van der Waals surface area contributed by atoms with Crippen LogP contribution >= 0.6 is 0 Å². The quantitative estimate of drug-likeness (QED) is 0.707. The third-order valence-electron chi connectivity index (χ3n) is 2.41. The molecule has 0 saturated carbocycles. The molecule has 76 valence electrons. The van der Waals surface area contributed by atoms with Crippen LogP contribution in [0.1, 0.15) is 33.2 Å². The van der Waals surface area contributed by atoms with Gasteiger partial charge >= 0.3 is 0 Å². The van der Waals surface area contributed by atoms with E-state index in [1.54, 1.807) is 6.07 Å². The van der Waals surface area contributed by atoms with E-state index in [9.17, 15) is 9.90 Å². The Morgan fingerprint density at radius 2 is 2.00 bits per heavy atom. The van der Waals surface area contributed by atoms with Crippen molar-refractivity contribution in [1.29, 1.82) is 0 Å². The summed E-state index contributed by atoms with van der Waals surface area (Å²) >= 11 is 0. The van der Waals surface area contributed by atoms with Crippen LogP contribution in [0.3, 0.4) is 0 Å². The standard InChI is InChI=1S/C11H15NO2/c1-7-3-9(6-13)10(4-8(7)2)11(14)5-12/h3-4,6,11,14H,5,12H2,1-2H3. The lowest BCUT2D eigenvalue weighted by molar-refractivity contribution is 0.111. The molecule has 1 unspecified atom stereocenters. The molecule has 0 aliphatic heterocycles. The molecule has 1 aromatic carbocycles. The van der Waals surface area contributed by atoms with Crippen LogP contribution in [0.25, 0.3) is 0 Å². The Balaban J connectivity index is 3.26. The first-order valence-corrected chi connectivity index (χ1v) is 4.54. The van der Waals surface area contributed by atoms with E-state index in [0.29, 0.717) is 11.1 Å². The Bertz CT molecular complexity index is 347. The normalized spacial score (nSPS) is 12.6. The first-order valence-electron chi connectivity index (χ1n) is 4.54. The molecule has 3 nitrogen and oxygen atoms in total. The van der Waals surface area contributed by atoms with Gasteiger partial charge in [0.25, 0.3) is 0 Å². The van der Waals surface area contributed by atoms with Gasteiger partial charge in [0.05, 0.1) is 6.10 Å². The number of nitrogens with two attached hydrogens (primary N) is 1. The Hall–Kier alpha value is -1.19. The van der Waals surface area contributed by atoms with Crippen molar-refractivity contribution in [2.75, 3.05) is 6.54 Å². The molecule has 0 aromatic heterocycles. The summed E-state index contributed by atoms with van der Waals surface area (Å²) in [6, 6.07) is 3.59. The molecule has 0 aliphatic carbocycles. The number of carbonyl (C=O) groups excluding carboxylic acids is 1. The fourth-order valence-electron chi connectivity index (χ4n) is 1.38. The van der Waals surface area contributed by atoms with Crippen molar-refractivity contribution in [1.82, 2.24) is 0 Å². The summed E-state index contributed by atoms with van der Waals surface area (Å²) in [6.45, 7) is 4.00. The van der Waals surface area contributed by atoms with Gasteiger partial charge < -0.3 is 10.8 Å². The highest BCUT2D eigenvalue weighted by Gasteiger charge is 2.11. The van der Waals surface area contributed by atoms with E-state index in [4.69, 9.17) is 5.73 Å². The van der Waals surface area contributed by atoms with Gasteiger partial charge in [0.15, 0.2) is 0 Å². The molecule has 14 heavy (non-hydrogen) atoms. The highest BCUT2D eigenvalue weighted by Crippen LogP contribution is 2.20. The highest BCUT2D eigenvalue weighted by atomic mass is 16.3. The van der Waals surface area contributed by atoms with Crippen molar-refractivity contribution in [2.24, 2.45) is 5.73 Å². The first kappa shape index (κ1) is 10.9. The Morgan fingerprint density at radius 1 is 1.43 bits per heavy atom. The minimum absolute atomic E-state index is 0.128. The predicted octanol–water partition coefficient (Wildman–Crippen LogP) is 1.11. The summed E-state index contributed by atoms with van der Waals surface area (Å²) in [5.74, 6) is 0. The van der Waals surface area contributed by atoms with Gasteiger partial charge in [-0.2, -0.15) is 0 Å². The molecule has 0 saturated heterocycles. The van der Waals surface area contributed by atoms with E-state index < -0.39 is 6.10 Å². The van der Waals surface area contributed by atoms with Crippen molar-refractivity contribution in [3.8, 4) is 0 Å². The van der Waals surface area contributed by atoms with Gasteiger partial charge in [0, 0.05) is 12.1 Å². The summed E-state index contributed by atoms with van der Waals surface area (Å²) in [7, 11) is 0. The number of hydrogen-bond acceptors (Lipinski definition) is 3. The minimum atomic E-state index is -0.755. The molecular weight excluding hydrogens is 178 g/mol. The zero-order chi connectivity index (χ0) is 10.7. The zero-order valence-corrected chi connectivity index (χ0v) is 8.45. The molecule has 1 aromatic rings. The van der Waals surface area contributed by atoms with E-state index >= 15 is 0 Å². The van der Waals surface area contributed by atoms with Gasteiger partial charge in [-0.1, -0.05) is 6.07 Å². The molecule has 3 N–H and O–H groups in total. The van der Waals surface area contributed by atoms with Crippen molar-refractivity contribution in [3.05, 3.63) is 34.4 Å². The van der Waals surface area contributed by atoms with Crippen LogP contribution in [-0.2, 0) is 0 Å². The summed E-state index contributed by atoms with van der Waals surface area (Å²) in [6.07, 6.45) is -0.00444. The summed E-state index contributed by atoms with van der Waals surface area (Å²) in [5.41, 5.74) is 8.58. The second-order valence-electron chi connectivity index (χ2n) is 3.43. The smallest absolute Gasteiger partial charge is 0.150 e. The number of aliphatic hydroxyl groups excluding tert-OH is 1. The lowest BCUT2D eigenvalue weighted by Crippen LogP contribution is -2.13. The largest absolute Gasteiger partial charge is 0.387 e. The van der Waals surface area contributed by atoms with Gasteiger partial charge in [-0.15, -0.1) is 0 Å². The number of aldehydes is 1. The molecule has 0 heterocycles. The van der Waals surface area contributed by atoms with E-state index in [1.165, 1.54) is 0 Å². The molecule has 1 rings (SSSR count). The van der Waals surface area contributed by atoms with Gasteiger partial charge in [-0.25, -0.2) is 0 Å². The number of carbonyl (C=O) groups is 1. The lowest BCUT2D eigenvalue weighted by atomic mass is 9.97. The van der Waals surface area contributed by atoms with Crippen LogP contribution in [0.2, 0.25) is 0 Å². The number of benzene rings is 1. The van der Waals surface area contributed by atoms with Crippen LogP contribution in [0.4, 0.5) is 0 Å². The van der Waals surface area contributed by atoms with Gasteiger partial charge in [0.2, 0.25) is 0 Å². The highest BCUT2D eigenvalue weighted by molar-refractivity contribution is 5.78. The van der Waals surface area contributed by atoms with Crippen molar-refractivity contribution < 1.29 is 9.90 Å². The average molecular weight is 193 g/mol. The second kappa shape index (κ2) is 4.35. The Labute approximate surface area is 83.6 Å². The third-order valence-corrected chi connectivity index (χ3v) is 2.41. The maximum absolute atomic E-state index is 10.8. The van der Waals surface area contributed by atoms with Gasteiger partial charge in [-0.05, 0) is 36.6 Å². The maximum Gasteiger partial charge on any atom is 0.150 e. The molecule has 1 atom stereocenters. The number of aliphatic hydroxyl groups is 1. The Morgan fingerprint density at radius 3 is 2.50 bits per heavy atom. The molecule has 0 fully saturated rings. The molecule has 0 spiro atoms. The van der Waals surface area contributed by atoms with Crippen LogP contribution < -0.4 is 5.73 Å². The first-order chi connectivity index (χ1) is 6.60. The number of aryl methyl sites for hydroxylation is 2. The van der Waals surface area contributed by atoms with E-state index in [1.807, 2.05) is 19.9 Å². The van der Waals surface area contributed by atoms with E-state index in [0.717, 1.165) is 17.4 Å². The second-order valence-corrected chi connectivity index (χ2v) is 3.43. The summed E-state index contributed by atoms with van der Waals surface area (Å²) < 4.78 is 0. The summed E-state index contributed by atoms with van der Waals surface area (Å²) in [5, 5.41) is 9.57. The molecule has 0 bridgehead atoms. The van der Waals surface area contributed by atoms with E-state index in [2.05, 4.69) is 0 Å². The minimum Gasteiger partial charge on any atom is -0.387 e. The van der Waals surface area contributed by atoms with Crippen molar-refractivity contribution in [3.63, 3.8) is 0 Å². The SMILES string of the molecule is Cc1cc(C=O)c(C(O)CN)cc1C. The number of rotatable bonds is 3. The fourth-order valence-corrected chi connectivity index (χ4v) is 1.38. The fraction of sp³-hybridized carbons (Fsp3) is 0.364. The zero-order valence-electron chi connectivity index (χ0n) is 8.45. The van der Waals surface area contributed by atoms with Gasteiger partial charge in [0.1, 0.15) is 6.29 Å². The monoisotopic (exact) mass is 193 g/mol. The third kappa shape index (κ3) is 2.00. The van der Waals surface area contributed by atoms with Crippen LogP contribution in [-0.4, -0.2) is 17.9 Å². The van der Waals surface area contributed by atoms with Gasteiger partial charge in [-0.3, -0.25) is 4.79 Å². The van der Waals surface area contributed by atoms with Crippen LogP contribution in [0.5, 0.6) is 0 Å².